The highest BCUT2D eigenvalue weighted by molar-refractivity contribution is 5.22. The van der Waals surface area contributed by atoms with Gasteiger partial charge in [-0.15, -0.1) is 0 Å². The van der Waals surface area contributed by atoms with Crippen LogP contribution in [0.1, 0.15) is 45.2 Å². The van der Waals surface area contributed by atoms with Gasteiger partial charge in [0.2, 0.25) is 0 Å². The average molecular weight is 271 g/mol. The predicted molar refractivity (Wildman–Crippen MR) is 73.1 cm³/mol. The fourth-order valence-corrected chi connectivity index (χ4v) is 1.99. The fourth-order valence-electron chi connectivity index (χ4n) is 1.99. The summed E-state index contributed by atoms with van der Waals surface area (Å²) in [5.41, 5.74) is 0.117. The average Bonchev–Trinajstić information content (AvgIpc) is 2.37. The highest BCUT2D eigenvalue weighted by Crippen LogP contribution is 2.26. The van der Waals surface area contributed by atoms with Crippen LogP contribution in [0.15, 0.2) is 18.2 Å². The van der Waals surface area contributed by atoms with Crippen LogP contribution in [-0.4, -0.2) is 19.3 Å². The Morgan fingerprint density at radius 3 is 2.58 bits per heavy atom. The Hall–Kier alpha value is -1.00. The molecular weight excluding hydrogens is 248 g/mol. The maximum Gasteiger partial charge on any atom is 0.128 e. The van der Waals surface area contributed by atoms with E-state index < -0.39 is 5.82 Å². The highest BCUT2D eigenvalue weighted by atomic mass is 19.1. The lowest BCUT2D eigenvalue weighted by molar-refractivity contribution is 0.0116. The molecule has 0 spiro atoms. The van der Waals surface area contributed by atoms with Crippen molar-refractivity contribution in [2.24, 2.45) is 0 Å². The van der Waals surface area contributed by atoms with Crippen molar-refractivity contribution in [2.75, 3.05) is 13.7 Å². The summed E-state index contributed by atoms with van der Waals surface area (Å²) in [6.45, 7) is 6.62. The van der Waals surface area contributed by atoms with Gasteiger partial charge in [0.15, 0.2) is 0 Å². The maximum absolute atomic E-state index is 13.8. The molecule has 0 heterocycles. The molecule has 108 valence electrons. The third-order valence-electron chi connectivity index (χ3n) is 3.37. The number of hydrogen-bond donors (Lipinski definition) is 1. The second-order valence-electron chi connectivity index (χ2n) is 5.28. The molecule has 0 aliphatic carbocycles. The molecule has 1 aromatic carbocycles. The smallest absolute Gasteiger partial charge is 0.128 e. The topological polar surface area (TPSA) is 21.3 Å². The van der Waals surface area contributed by atoms with Crippen LogP contribution < -0.4 is 5.32 Å². The van der Waals surface area contributed by atoms with E-state index in [9.17, 15) is 8.78 Å². The molecule has 1 atom stereocenters. The summed E-state index contributed by atoms with van der Waals surface area (Å²) in [6.07, 6.45) is 1.45. The number of benzene rings is 1. The van der Waals surface area contributed by atoms with Crippen molar-refractivity contribution in [3.8, 4) is 0 Å². The van der Waals surface area contributed by atoms with Crippen LogP contribution >= 0.6 is 0 Å². The lowest BCUT2D eigenvalue weighted by Gasteiger charge is -2.26. The van der Waals surface area contributed by atoms with Gasteiger partial charge in [-0.2, -0.15) is 0 Å². The molecule has 4 heteroatoms. The van der Waals surface area contributed by atoms with Gasteiger partial charge in [0.05, 0.1) is 5.60 Å². The second kappa shape index (κ2) is 6.96. The SMILES string of the molecule is CCNC(CCC(C)(C)OC)c1cc(F)ccc1F. The monoisotopic (exact) mass is 271 g/mol. The number of methoxy groups -OCH3 is 1. The largest absolute Gasteiger partial charge is 0.379 e. The standard InChI is InChI=1S/C15H23F2NO/c1-5-18-14(8-9-15(2,3)19-4)12-10-11(16)6-7-13(12)17/h6-7,10,14,18H,5,8-9H2,1-4H3. The minimum Gasteiger partial charge on any atom is -0.379 e. The highest BCUT2D eigenvalue weighted by Gasteiger charge is 2.21. The summed E-state index contributed by atoms with van der Waals surface area (Å²) in [5, 5.41) is 3.20. The van der Waals surface area contributed by atoms with Crippen LogP contribution in [-0.2, 0) is 4.74 Å². The fraction of sp³-hybridized carbons (Fsp3) is 0.600. The Morgan fingerprint density at radius 2 is 2.00 bits per heavy atom. The zero-order chi connectivity index (χ0) is 14.5. The Morgan fingerprint density at radius 1 is 1.32 bits per heavy atom. The summed E-state index contributed by atoms with van der Waals surface area (Å²) in [5.74, 6) is -0.784. The molecule has 1 unspecified atom stereocenters. The molecule has 1 aromatic rings. The number of ether oxygens (including phenoxy) is 1. The molecule has 0 fully saturated rings. The summed E-state index contributed by atoms with van der Waals surface area (Å²) in [7, 11) is 1.66. The number of halogens is 2. The molecule has 0 aliphatic rings. The Balaban J connectivity index is 2.85. The normalized spacial score (nSPS) is 13.6. The zero-order valence-electron chi connectivity index (χ0n) is 12.1. The lowest BCUT2D eigenvalue weighted by atomic mass is 9.94. The van der Waals surface area contributed by atoms with Crippen LogP contribution in [0, 0.1) is 11.6 Å². The first-order valence-electron chi connectivity index (χ1n) is 6.63. The molecular formula is C15H23F2NO. The quantitative estimate of drug-likeness (QED) is 0.814. The molecule has 0 saturated carbocycles. The first kappa shape index (κ1) is 16.1. The van der Waals surface area contributed by atoms with Crippen LogP contribution in [0.5, 0.6) is 0 Å². The van der Waals surface area contributed by atoms with E-state index in [0.717, 1.165) is 12.5 Å². The van der Waals surface area contributed by atoms with Crippen molar-refractivity contribution in [1.29, 1.82) is 0 Å². The number of nitrogens with one attached hydrogen (secondary N) is 1. The number of hydrogen-bond acceptors (Lipinski definition) is 2. The van der Waals surface area contributed by atoms with Crippen LogP contribution in [0.4, 0.5) is 8.78 Å². The van der Waals surface area contributed by atoms with Gasteiger partial charge in [-0.3, -0.25) is 0 Å². The molecule has 0 amide bonds. The van der Waals surface area contributed by atoms with E-state index in [2.05, 4.69) is 5.32 Å². The van der Waals surface area contributed by atoms with E-state index in [1.54, 1.807) is 7.11 Å². The molecule has 1 N–H and O–H groups in total. The van der Waals surface area contributed by atoms with Crippen molar-refractivity contribution in [2.45, 2.75) is 45.3 Å². The number of rotatable bonds is 7. The van der Waals surface area contributed by atoms with Gasteiger partial charge in [-0.25, -0.2) is 8.78 Å². The van der Waals surface area contributed by atoms with Crippen molar-refractivity contribution >= 4 is 0 Å². The van der Waals surface area contributed by atoms with Crippen molar-refractivity contribution in [3.05, 3.63) is 35.4 Å². The zero-order valence-corrected chi connectivity index (χ0v) is 12.1. The third kappa shape index (κ3) is 4.88. The van der Waals surface area contributed by atoms with Gasteiger partial charge in [-0.05, 0) is 51.4 Å². The van der Waals surface area contributed by atoms with Gasteiger partial charge < -0.3 is 10.1 Å². The minimum atomic E-state index is -0.412. The second-order valence-corrected chi connectivity index (χ2v) is 5.28. The van der Waals surface area contributed by atoms with E-state index in [1.807, 2.05) is 20.8 Å². The molecule has 0 aromatic heterocycles. The Bertz CT molecular complexity index is 407. The molecule has 19 heavy (non-hydrogen) atoms. The van der Waals surface area contributed by atoms with Crippen molar-refractivity contribution in [1.82, 2.24) is 5.32 Å². The molecule has 0 bridgehead atoms. The molecule has 2 nitrogen and oxygen atoms in total. The van der Waals surface area contributed by atoms with E-state index in [-0.39, 0.29) is 17.5 Å². The molecule has 1 rings (SSSR count). The van der Waals surface area contributed by atoms with E-state index in [4.69, 9.17) is 4.74 Å². The first-order chi connectivity index (χ1) is 8.89. The molecule has 0 radical (unpaired) electrons. The summed E-state index contributed by atoms with van der Waals surface area (Å²) in [4.78, 5) is 0. The summed E-state index contributed by atoms with van der Waals surface area (Å²) < 4.78 is 32.4. The molecule has 0 saturated heterocycles. The Kier molecular flexibility index (Phi) is 5.88. The first-order valence-corrected chi connectivity index (χ1v) is 6.63. The predicted octanol–water partition coefficient (Wildman–Crippen LogP) is 3.82. The van der Waals surface area contributed by atoms with Gasteiger partial charge in [-0.1, -0.05) is 6.92 Å². The van der Waals surface area contributed by atoms with Crippen molar-refractivity contribution in [3.63, 3.8) is 0 Å². The Labute approximate surface area is 114 Å². The van der Waals surface area contributed by atoms with Crippen LogP contribution in [0.25, 0.3) is 0 Å². The van der Waals surface area contributed by atoms with Gasteiger partial charge in [0.1, 0.15) is 11.6 Å². The maximum atomic E-state index is 13.8. The lowest BCUT2D eigenvalue weighted by Crippen LogP contribution is -2.28. The van der Waals surface area contributed by atoms with E-state index >= 15 is 0 Å². The summed E-state index contributed by atoms with van der Waals surface area (Å²) in [6, 6.07) is 3.38. The summed E-state index contributed by atoms with van der Waals surface area (Å²) >= 11 is 0. The van der Waals surface area contributed by atoms with Gasteiger partial charge in [0, 0.05) is 18.7 Å². The molecule has 0 aliphatic heterocycles. The minimum absolute atomic E-state index is 0.199. The van der Waals surface area contributed by atoms with Crippen LogP contribution in [0.2, 0.25) is 0 Å². The van der Waals surface area contributed by atoms with Crippen molar-refractivity contribution < 1.29 is 13.5 Å². The third-order valence-corrected chi connectivity index (χ3v) is 3.37. The van der Waals surface area contributed by atoms with Gasteiger partial charge in [0.25, 0.3) is 0 Å². The van der Waals surface area contributed by atoms with E-state index in [1.165, 1.54) is 12.1 Å². The van der Waals surface area contributed by atoms with Crippen LogP contribution in [0.3, 0.4) is 0 Å². The van der Waals surface area contributed by atoms with E-state index in [0.29, 0.717) is 18.5 Å². The van der Waals surface area contributed by atoms with Gasteiger partial charge >= 0.3 is 0 Å².